The average Bonchev–Trinajstić information content (AvgIpc) is 2.98. The Morgan fingerprint density at radius 1 is 0.913 bits per heavy atom. The molecule has 1 aliphatic heterocycles. The zero-order valence-electron chi connectivity index (χ0n) is 13.0. The van der Waals surface area contributed by atoms with Crippen LogP contribution in [0.2, 0.25) is 0 Å². The summed E-state index contributed by atoms with van der Waals surface area (Å²) in [6.45, 7) is 0. The summed E-state index contributed by atoms with van der Waals surface area (Å²) in [6.07, 6.45) is 5.08. The molecule has 0 amide bonds. The number of phenolic OH excluding ortho intramolecular Hbond substituents is 2. The van der Waals surface area contributed by atoms with Crippen LogP contribution in [0.4, 0.5) is 4.39 Å². The lowest BCUT2D eigenvalue weighted by atomic mass is 10.0. The van der Waals surface area contributed by atoms with E-state index in [1.165, 1.54) is 23.8 Å². The molecule has 1 heterocycles. The van der Waals surface area contributed by atoms with Crippen LogP contribution in [0.15, 0.2) is 42.5 Å². The molecule has 3 nitrogen and oxygen atoms in total. The standard InChI is InChI=1S/C19H22FNO2/c20-15-5-1-13(2-6-15)3-7-16-8-9-17(21-16)11-14-4-10-18(22)19(23)12-14/h1-2,4-6,10,12,16-17,21-23H,3,7-9,11H2. The first-order chi connectivity index (χ1) is 11.1. The molecule has 0 aliphatic carbocycles. The first kappa shape index (κ1) is 15.8. The second-order valence-electron chi connectivity index (χ2n) is 6.33. The quantitative estimate of drug-likeness (QED) is 0.740. The molecule has 3 N–H and O–H groups in total. The Kier molecular flexibility index (Phi) is 4.82. The van der Waals surface area contributed by atoms with Gasteiger partial charge in [0.05, 0.1) is 0 Å². The van der Waals surface area contributed by atoms with Gasteiger partial charge in [-0.05, 0) is 67.5 Å². The maximum Gasteiger partial charge on any atom is 0.157 e. The fraction of sp³-hybridized carbons (Fsp3) is 0.368. The number of aryl methyl sites for hydroxylation is 1. The first-order valence-electron chi connectivity index (χ1n) is 8.11. The van der Waals surface area contributed by atoms with E-state index < -0.39 is 0 Å². The second kappa shape index (κ2) is 7.01. The minimum atomic E-state index is -0.190. The van der Waals surface area contributed by atoms with Crippen molar-refractivity contribution in [3.8, 4) is 11.5 Å². The number of hydrogen-bond donors (Lipinski definition) is 3. The van der Waals surface area contributed by atoms with Gasteiger partial charge in [-0.15, -0.1) is 0 Å². The van der Waals surface area contributed by atoms with Crippen molar-refractivity contribution in [1.29, 1.82) is 0 Å². The van der Waals surface area contributed by atoms with E-state index in [1.807, 2.05) is 18.2 Å². The number of hydrogen-bond acceptors (Lipinski definition) is 3. The van der Waals surface area contributed by atoms with Gasteiger partial charge < -0.3 is 15.5 Å². The number of benzene rings is 2. The normalized spacial score (nSPS) is 20.7. The van der Waals surface area contributed by atoms with Crippen molar-refractivity contribution in [3.05, 3.63) is 59.4 Å². The summed E-state index contributed by atoms with van der Waals surface area (Å²) in [5.41, 5.74) is 2.19. The number of nitrogens with one attached hydrogen (secondary N) is 1. The van der Waals surface area contributed by atoms with Crippen molar-refractivity contribution in [1.82, 2.24) is 5.32 Å². The van der Waals surface area contributed by atoms with Gasteiger partial charge in [0, 0.05) is 12.1 Å². The van der Waals surface area contributed by atoms with Crippen LogP contribution in [-0.2, 0) is 12.8 Å². The molecule has 0 bridgehead atoms. The molecule has 1 saturated heterocycles. The Balaban J connectivity index is 1.48. The third kappa shape index (κ3) is 4.23. The Hall–Kier alpha value is -2.07. The predicted molar refractivity (Wildman–Crippen MR) is 88.1 cm³/mol. The highest BCUT2D eigenvalue weighted by Gasteiger charge is 2.23. The molecule has 0 spiro atoms. The Labute approximate surface area is 135 Å². The minimum Gasteiger partial charge on any atom is -0.504 e. The monoisotopic (exact) mass is 315 g/mol. The van der Waals surface area contributed by atoms with Gasteiger partial charge in [-0.25, -0.2) is 4.39 Å². The third-order valence-electron chi connectivity index (χ3n) is 4.55. The molecular weight excluding hydrogens is 293 g/mol. The Morgan fingerprint density at radius 2 is 1.61 bits per heavy atom. The molecule has 122 valence electrons. The van der Waals surface area contributed by atoms with Gasteiger partial charge in [-0.1, -0.05) is 18.2 Å². The zero-order chi connectivity index (χ0) is 16.2. The highest BCUT2D eigenvalue weighted by Crippen LogP contribution is 2.27. The fourth-order valence-electron chi connectivity index (χ4n) is 3.26. The van der Waals surface area contributed by atoms with Gasteiger partial charge in [0.15, 0.2) is 11.5 Å². The molecule has 2 aromatic rings. The molecule has 1 fully saturated rings. The topological polar surface area (TPSA) is 52.5 Å². The predicted octanol–water partition coefficient (Wildman–Crippen LogP) is 3.53. The average molecular weight is 315 g/mol. The minimum absolute atomic E-state index is 0.0617. The summed E-state index contributed by atoms with van der Waals surface area (Å²) in [6, 6.07) is 12.6. The lowest BCUT2D eigenvalue weighted by Crippen LogP contribution is -2.31. The molecular formula is C19H22FNO2. The van der Waals surface area contributed by atoms with E-state index in [-0.39, 0.29) is 17.3 Å². The van der Waals surface area contributed by atoms with Crippen LogP contribution in [0.1, 0.15) is 30.4 Å². The van der Waals surface area contributed by atoms with E-state index in [1.54, 1.807) is 6.07 Å². The maximum absolute atomic E-state index is 12.9. The van der Waals surface area contributed by atoms with Crippen LogP contribution in [0.25, 0.3) is 0 Å². The molecule has 2 unspecified atom stereocenters. The maximum atomic E-state index is 12.9. The smallest absolute Gasteiger partial charge is 0.157 e. The van der Waals surface area contributed by atoms with Crippen LogP contribution in [-0.4, -0.2) is 22.3 Å². The van der Waals surface area contributed by atoms with Gasteiger partial charge in [0.2, 0.25) is 0 Å². The van der Waals surface area contributed by atoms with Gasteiger partial charge in [-0.2, -0.15) is 0 Å². The van der Waals surface area contributed by atoms with E-state index in [0.29, 0.717) is 12.1 Å². The largest absolute Gasteiger partial charge is 0.504 e. The van der Waals surface area contributed by atoms with Gasteiger partial charge in [0.25, 0.3) is 0 Å². The molecule has 2 atom stereocenters. The summed E-state index contributed by atoms with van der Waals surface area (Å²) in [5, 5.41) is 22.5. The van der Waals surface area contributed by atoms with Crippen molar-refractivity contribution in [2.45, 2.75) is 44.2 Å². The van der Waals surface area contributed by atoms with Crippen LogP contribution in [0.3, 0.4) is 0 Å². The lowest BCUT2D eigenvalue weighted by Gasteiger charge is -2.15. The molecule has 23 heavy (non-hydrogen) atoms. The van der Waals surface area contributed by atoms with Crippen LogP contribution in [0.5, 0.6) is 11.5 Å². The number of phenols is 2. The molecule has 4 heteroatoms. The summed E-state index contributed by atoms with van der Waals surface area (Å²) >= 11 is 0. The molecule has 0 aromatic heterocycles. The van der Waals surface area contributed by atoms with E-state index in [4.69, 9.17) is 0 Å². The molecule has 0 radical (unpaired) electrons. The summed E-state index contributed by atoms with van der Waals surface area (Å²) in [5.74, 6) is -0.330. The first-order valence-corrected chi connectivity index (χ1v) is 8.11. The van der Waals surface area contributed by atoms with E-state index >= 15 is 0 Å². The molecule has 1 aliphatic rings. The van der Waals surface area contributed by atoms with E-state index in [9.17, 15) is 14.6 Å². The van der Waals surface area contributed by atoms with Crippen molar-refractivity contribution in [2.75, 3.05) is 0 Å². The van der Waals surface area contributed by atoms with Crippen molar-refractivity contribution in [2.24, 2.45) is 0 Å². The summed E-state index contributed by atoms with van der Waals surface area (Å²) in [4.78, 5) is 0. The van der Waals surface area contributed by atoms with Crippen LogP contribution >= 0.6 is 0 Å². The van der Waals surface area contributed by atoms with Crippen molar-refractivity contribution >= 4 is 0 Å². The van der Waals surface area contributed by atoms with Gasteiger partial charge in [-0.3, -0.25) is 0 Å². The van der Waals surface area contributed by atoms with Gasteiger partial charge in [0.1, 0.15) is 5.82 Å². The van der Waals surface area contributed by atoms with Crippen molar-refractivity contribution in [3.63, 3.8) is 0 Å². The lowest BCUT2D eigenvalue weighted by molar-refractivity contribution is 0.402. The van der Waals surface area contributed by atoms with Gasteiger partial charge >= 0.3 is 0 Å². The van der Waals surface area contributed by atoms with Crippen LogP contribution < -0.4 is 5.32 Å². The van der Waals surface area contributed by atoms with Crippen molar-refractivity contribution < 1.29 is 14.6 Å². The number of rotatable bonds is 5. The summed E-state index contributed by atoms with van der Waals surface area (Å²) in [7, 11) is 0. The number of aromatic hydroxyl groups is 2. The molecule has 3 rings (SSSR count). The highest BCUT2D eigenvalue weighted by atomic mass is 19.1. The second-order valence-corrected chi connectivity index (χ2v) is 6.33. The third-order valence-corrected chi connectivity index (χ3v) is 4.55. The summed E-state index contributed by atoms with van der Waals surface area (Å²) < 4.78 is 12.9. The Bertz CT molecular complexity index is 657. The zero-order valence-corrected chi connectivity index (χ0v) is 13.0. The number of halogens is 1. The van der Waals surface area contributed by atoms with Crippen LogP contribution in [0, 0.1) is 5.82 Å². The van der Waals surface area contributed by atoms with E-state index in [2.05, 4.69) is 5.32 Å². The molecule has 2 aromatic carbocycles. The molecule has 0 saturated carbocycles. The SMILES string of the molecule is Oc1ccc(CC2CCC(CCc3ccc(F)cc3)N2)cc1O. The van der Waals surface area contributed by atoms with E-state index in [0.717, 1.165) is 37.7 Å². The fourth-order valence-corrected chi connectivity index (χ4v) is 3.26. The highest BCUT2D eigenvalue weighted by molar-refractivity contribution is 5.40. The Morgan fingerprint density at radius 3 is 2.35 bits per heavy atom.